The van der Waals surface area contributed by atoms with Gasteiger partial charge in [-0.1, -0.05) is 44.0 Å². The van der Waals surface area contributed by atoms with Crippen molar-refractivity contribution in [1.29, 1.82) is 0 Å². The van der Waals surface area contributed by atoms with Crippen molar-refractivity contribution in [1.82, 2.24) is 0 Å². The predicted octanol–water partition coefficient (Wildman–Crippen LogP) is 3.80. The van der Waals surface area contributed by atoms with E-state index in [9.17, 15) is 4.79 Å². The van der Waals surface area contributed by atoms with E-state index >= 15 is 0 Å². The number of rotatable bonds is 2. The first-order valence-electron chi connectivity index (χ1n) is 7.34. The van der Waals surface area contributed by atoms with Gasteiger partial charge in [0.05, 0.1) is 0 Å². The second-order valence-electron chi connectivity index (χ2n) is 6.23. The van der Waals surface area contributed by atoms with Crippen LogP contribution in [0.4, 0.5) is 0 Å². The molecule has 1 nitrogen and oxygen atoms in total. The maximum Gasteiger partial charge on any atom is 0.139 e. The zero-order valence-electron chi connectivity index (χ0n) is 11.2. The van der Waals surface area contributed by atoms with Crippen LogP contribution in [-0.4, -0.2) is 5.78 Å². The van der Waals surface area contributed by atoms with Crippen LogP contribution in [0.15, 0.2) is 24.3 Å². The molecule has 0 aliphatic heterocycles. The van der Waals surface area contributed by atoms with E-state index in [-0.39, 0.29) is 5.92 Å². The van der Waals surface area contributed by atoms with Gasteiger partial charge in [-0.05, 0) is 42.7 Å². The monoisotopic (exact) mass is 242 g/mol. The molecule has 1 aromatic carbocycles. The van der Waals surface area contributed by atoms with Gasteiger partial charge in [0.2, 0.25) is 0 Å². The number of Topliss-reactive ketones (excluding diaryl/α,β-unsaturated/α-hetero) is 1. The van der Waals surface area contributed by atoms with Gasteiger partial charge < -0.3 is 0 Å². The highest BCUT2D eigenvalue weighted by Gasteiger charge is 2.33. The van der Waals surface area contributed by atoms with Crippen molar-refractivity contribution in [2.24, 2.45) is 17.8 Å². The molecule has 1 fully saturated rings. The number of hydrogen-bond donors (Lipinski definition) is 0. The van der Waals surface area contributed by atoms with Crippen molar-refractivity contribution >= 4 is 5.78 Å². The Balaban J connectivity index is 1.65. The van der Waals surface area contributed by atoms with Crippen LogP contribution in [0.25, 0.3) is 0 Å². The zero-order chi connectivity index (χ0) is 12.5. The summed E-state index contributed by atoms with van der Waals surface area (Å²) in [5.41, 5.74) is 2.81. The third-order valence-electron chi connectivity index (χ3n) is 4.87. The molecule has 18 heavy (non-hydrogen) atoms. The number of benzene rings is 1. The molecule has 0 aromatic heterocycles. The highest BCUT2D eigenvalue weighted by molar-refractivity contribution is 5.84. The predicted molar refractivity (Wildman–Crippen MR) is 73.5 cm³/mol. The summed E-state index contributed by atoms with van der Waals surface area (Å²) in [6.45, 7) is 2.31. The number of carbonyl (C=O) groups is 1. The van der Waals surface area contributed by atoms with Gasteiger partial charge in [-0.2, -0.15) is 0 Å². The molecule has 0 amide bonds. The molecule has 0 spiro atoms. The summed E-state index contributed by atoms with van der Waals surface area (Å²) in [6, 6.07) is 8.55. The van der Waals surface area contributed by atoms with Crippen molar-refractivity contribution in [3.05, 3.63) is 35.4 Å². The minimum Gasteiger partial charge on any atom is -0.299 e. The van der Waals surface area contributed by atoms with Gasteiger partial charge in [-0.3, -0.25) is 4.79 Å². The van der Waals surface area contributed by atoms with E-state index in [4.69, 9.17) is 0 Å². The molecular formula is C17H22O. The van der Waals surface area contributed by atoms with Crippen LogP contribution in [0.3, 0.4) is 0 Å². The molecule has 1 heteroatoms. The van der Waals surface area contributed by atoms with Gasteiger partial charge in [-0.25, -0.2) is 0 Å². The van der Waals surface area contributed by atoms with Crippen LogP contribution in [0.1, 0.15) is 43.7 Å². The van der Waals surface area contributed by atoms with Crippen molar-refractivity contribution in [3.63, 3.8) is 0 Å². The first-order chi connectivity index (χ1) is 8.74. The van der Waals surface area contributed by atoms with E-state index < -0.39 is 0 Å². The van der Waals surface area contributed by atoms with Crippen molar-refractivity contribution in [2.75, 3.05) is 0 Å². The first kappa shape index (κ1) is 12.0. The van der Waals surface area contributed by atoms with Gasteiger partial charge >= 0.3 is 0 Å². The molecule has 0 saturated heterocycles. The Hall–Kier alpha value is -1.11. The first-order valence-corrected chi connectivity index (χ1v) is 7.34. The average Bonchev–Trinajstić information content (AvgIpc) is 2.82. The average molecular weight is 242 g/mol. The highest BCUT2D eigenvalue weighted by atomic mass is 16.1. The number of fused-ring (bicyclic) bond motifs is 1. The van der Waals surface area contributed by atoms with E-state index in [1.165, 1.54) is 24.0 Å². The van der Waals surface area contributed by atoms with Gasteiger partial charge in [-0.15, -0.1) is 0 Å². The fourth-order valence-corrected chi connectivity index (χ4v) is 3.64. The number of ketones is 1. The number of carbonyl (C=O) groups excluding carboxylic acids is 1. The quantitative estimate of drug-likeness (QED) is 0.771. The van der Waals surface area contributed by atoms with Gasteiger partial charge in [0.15, 0.2) is 0 Å². The summed E-state index contributed by atoms with van der Waals surface area (Å²) in [5, 5.41) is 0. The molecule has 2 aliphatic carbocycles. The van der Waals surface area contributed by atoms with E-state index in [1.807, 2.05) is 0 Å². The fraction of sp³-hybridized carbons (Fsp3) is 0.588. The van der Waals surface area contributed by atoms with E-state index in [0.29, 0.717) is 11.7 Å². The molecule has 1 saturated carbocycles. The Bertz CT molecular complexity index is 416. The lowest BCUT2D eigenvalue weighted by Gasteiger charge is -2.27. The Morgan fingerprint density at radius 3 is 2.06 bits per heavy atom. The number of hydrogen-bond acceptors (Lipinski definition) is 1. The second kappa shape index (κ2) is 4.87. The maximum absolute atomic E-state index is 12.6. The molecule has 0 bridgehead atoms. The smallest absolute Gasteiger partial charge is 0.139 e. The third-order valence-corrected chi connectivity index (χ3v) is 4.87. The highest BCUT2D eigenvalue weighted by Crippen LogP contribution is 2.34. The Labute approximate surface area is 110 Å². The van der Waals surface area contributed by atoms with Crippen LogP contribution < -0.4 is 0 Å². The lowest BCUT2D eigenvalue weighted by atomic mass is 9.77. The zero-order valence-corrected chi connectivity index (χ0v) is 11.2. The lowest BCUT2D eigenvalue weighted by Crippen LogP contribution is -2.27. The molecule has 0 N–H and O–H groups in total. The summed E-state index contributed by atoms with van der Waals surface area (Å²) in [6.07, 6.45) is 6.73. The summed E-state index contributed by atoms with van der Waals surface area (Å²) in [7, 11) is 0. The minimum atomic E-state index is 0.279. The summed E-state index contributed by atoms with van der Waals surface area (Å²) >= 11 is 0. The molecule has 1 aromatic rings. The summed E-state index contributed by atoms with van der Waals surface area (Å²) in [4.78, 5) is 12.6. The fourth-order valence-electron chi connectivity index (χ4n) is 3.64. The molecule has 0 atom stereocenters. The third kappa shape index (κ3) is 2.23. The van der Waals surface area contributed by atoms with E-state index in [1.54, 1.807) is 0 Å². The van der Waals surface area contributed by atoms with E-state index in [0.717, 1.165) is 31.6 Å². The van der Waals surface area contributed by atoms with Crippen LogP contribution in [0.5, 0.6) is 0 Å². The van der Waals surface area contributed by atoms with Gasteiger partial charge in [0.1, 0.15) is 5.78 Å². The van der Waals surface area contributed by atoms with Crippen molar-refractivity contribution in [3.8, 4) is 0 Å². The molecule has 0 unspecified atom stereocenters. The standard InChI is InChI=1S/C17H22O/c1-12-6-8-13(9-7-12)17(18)16-10-14-4-2-3-5-15(14)11-16/h2-5,12-13,16H,6-11H2,1H3. The lowest BCUT2D eigenvalue weighted by molar-refractivity contribution is -0.127. The van der Waals surface area contributed by atoms with Crippen LogP contribution in [0.2, 0.25) is 0 Å². The second-order valence-corrected chi connectivity index (χ2v) is 6.23. The van der Waals surface area contributed by atoms with Crippen LogP contribution in [-0.2, 0) is 17.6 Å². The SMILES string of the molecule is CC1CCC(C(=O)C2Cc3ccccc3C2)CC1. The normalized spacial score (nSPS) is 28.1. The van der Waals surface area contributed by atoms with Crippen molar-refractivity contribution in [2.45, 2.75) is 45.4 Å². The molecule has 3 rings (SSSR count). The topological polar surface area (TPSA) is 17.1 Å². The van der Waals surface area contributed by atoms with E-state index in [2.05, 4.69) is 31.2 Å². The maximum atomic E-state index is 12.6. The Morgan fingerprint density at radius 1 is 0.944 bits per heavy atom. The minimum absolute atomic E-state index is 0.279. The Morgan fingerprint density at radius 2 is 1.50 bits per heavy atom. The molecular weight excluding hydrogens is 220 g/mol. The van der Waals surface area contributed by atoms with Gasteiger partial charge in [0.25, 0.3) is 0 Å². The van der Waals surface area contributed by atoms with Crippen LogP contribution in [0, 0.1) is 17.8 Å². The molecule has 0 heterocycles. The van der Waals surface area contributed by atoms with Crippen molar-refractivity contribution < 1.29 is 4.79 Å². The molecule has 96 valence electrons. The molecule has 2 aliphatic rings. The van der Waals surface area contributed by atoms with Crippen LogP contribution >= 0.6 is 0 Å². The largest absolute Gasteiger partial charge is 0.299 e. The summed E-state index contributed by atoms with van der Waals surface area (Å²) < 4.78 is 0. The van der Waals surface area contributed by atoms with Gasteiger partial charge in [0, 0.05) is 11.8 Å². The summed E-state index contributed by atoms with van der Waals surface area (Å²) in [5.74, 6) is 2.02. The Kier molecular flexibility index (Phi) is 3.23. The molecule has 0 radical (unpaired) electrons.